The molecule has 0 bridgehead atoms. The van der Waals surface area contributed by atoms with E-state index < -0.39 is 11.7 Å². The fraction of sp³-hybridized carbons (Fsp3) is 0.0714. The first-order valence-electron chi connectivity index (χ1n) is 5.72. The van der Waals surface area contributed by atoms with Gasteiger partial charge >= 0.3 is 0 Å². The van der Waals surface area contributed by atoms with Crippen molar-refractivity contribution in [2.75, 3.05) is 18.2 Å². The normalized spacial score (nSPS) is 10.2. The van der Waals surface area contributed by atoms with Gasteiger partial charge in [-0.05, 0) is 46.3 Å². The van der Waals surface area contributed by atoms with Gasteiger partial charge in [-0.15, -0.1) is 0 Å². The molecule has 2 aromatic rings. The Bertz CT molecular complexity index is 641. The average molecular weight is 339 g/mol. The molecule has 0 saturated carbocycles. The van der Waals surface area contributed by atoms with Gasteiger partial charge in [-0.25, -0.2) is 4.39 Å². The summed E-state index contributed by atoms with van der Waals surface area (Å²) in [6, 6.07) is 9.14. The lowest BCUT2D eigenvalue weighted by Crippen LogP contribution is -2.15. The lowest BCUT2D eigenvalue weighted by atomic mass is 10.2. The highest BCUT2D eigenvalue weighted by atomic mass is 79.9. The molecular formula is C14H12BrFN2O2. The second kappa shape index (κ2) is 5.92. The van der Waals surface area contributed by atoms with Gasteiger partial charge in [-0.2, -0.15) is 0 Å². The predicted molar refractivity (Wildman–Crippen MR) is 79.5 cm³/mol. The molecule has 2 rings (SSSR count). The number of anilines is 2. The number of nitrogen functional groups attached to an aromatic ring is 1. The fourth-order valence-electron chi connectivity index (χ4n) is 1.72. The minimum atomic E-state index is -0.611. The number of hydrogen-bond acceptors (Lipinski definition) is 3. The summed E-state index contributed by atoms with van der Waals surface area (Å²) in [5.41, 5.74) is 6.44. The summed E-state index contributed by atoms with van der Waals surface area (Å²) in [5.74, 6) is -0.751. The summed E-state index contributed by atoms with van der Waals surface area (Å²) < 4.78 is 19.2. The van der Waals surface area contributed by atoms with Crippen LogP contribution in [0.25, 0.3) is 0 Å². The van der Waals surface area contributed by atoms with Gasteiger partial charge in [0.1, 0.15) is 11.6 Å². The first-order valence-corrected chi connectivity index (χ1v) is 6.51. The van der Waals surface area contributed by atoms with Crippen LogP contribution in [0.2, 0.25) is 0 Å². The maximum Gasteiger partial charge on any atom is 0.259 e. The molecule has 2 aromatic carbocycles. The van der Waals surface area contributed by atoms with E-state index in [0.717, 1.165) is 0 Å². The van der Waals surface area contributed by atoms with Gasteiger partial charge in [0.2, 0.25) is 0 Å². The first kappa shape index (κ1) is 14.3. The van der Waals surface area contributed by atoms with Crippen LogP contribution in [0.3, 0.4) is 0 Å². The number of hydrogen-bond donors (Lipinski definition) is 2. The number of methoxy groups -OCH3 is 1. The highest BCUT2D eigenvalue weighted by Crippen LogP contribution is 2.28. The zero-order chi connectivity index (χ0) is 14.7. The maximum absolute atomic E-state index is 13.7. The van der Waals surface area contributed by atoms with Crippen LogP contribution in [0.15, 0.2) is 40.9 Å². The van der Waals surface area contributed by atoms with Crippen LogP contribution in [-0.2, 0) is 0 Å². The van der Waals surface area contributed by atoms with E-state index in [9.17, 15) is 9.18 Å². The van der Waals surface area contributed by atoms with Crippen molar-refractivity contribution in [3.05, 3.63) is 52.3 Å². The van der Waals surface area contributed by atoms with Crippen LogP contribution < -0.4 is 15.8 Å². The third kappa shape index (κ3) is 2.91. The van der Waals surface area contributed by atoms with Crippen molar-refractivity contribution in [3.63, 3.8) is 0 Å². The van der Waals surface area contributed by atoms with E-state index in [-0.39, 0.29) is 5.56 Å². The van der Waals surface area contributed by atoms with E-state index >= 15 is 0 Å². The average Bonchev–Trinajstić information content (AvgIpc) is 2.38. The second-order valence-electron chi connectivity index (χ2n) is 4.01. The molecule has 0 heterocycles. The predicted octanol–water partition coefficient (Wildman–Crippen LogP) is 3.43. The Morgan fingerprint density at radius 1 is 1.35 bits per heavy atom. The molecule has 4 nitrogen and oxygen atoms in total. The number of nitrogens with one attached hydrogen (secondary N) is 1. The highest BCUT2D eigenvalue weighted by molar-refractivity contribution is 9.10. The Morgan fingerprint density at radius 3 is 2.75 bits per heavy atom. The summed E-state index contributed by atoms with van der Waals surface area (Å²) in [5, 5.41) is 2.59. The van der Waals surface area contributed by atoms with E-state index in [4.69, 9.17) is 10.5 Å². The number of rotatable bonds is 3. The molecule has 0 unspecified atom stereocenters. The fourth-order valence-corrected chi connectivity index (χ4v) is 2.24. The van der Waals surface area contributed by atoms with Gasteiger partial charge in [0, 0.05) is 10.2 Å². The Hall–Kier alpha value is -2.08. The lowest BCUT2D eigenvalue weighted by molar-refractivity contribution is 0.102. The van der Waals surface area contributed by atoms with Gasteiger partial charge < -0.3 is 15.8 Å². The van der Waals surface area contributed by atoms with Gasteiger partial charge in [0.15, 0.2) is 0 Å². The smallest absolute Gasteiger partial charge is 0.259 e. The number of amides is 1. The van der Waals surface area contributed by atoms with Crippen molar-refractivity contribution in [1.29, 1.82) is 0 Å². The molecule has 3 N–H and O–H groups in total. The Balaban J connectivity index is 2.35. The summed E-state index contributed by atoms with van der Waals surface area (Å²) in [4.78, 5) is 12.2. The monoisotopic (exact) mass is 338 g/mol. The van der Waals surface area contributed by atoms with E-state index in [1.54, 1.807) is 24.3 Å². The van der Waals surface area contributed by atoms with Crippen LogP contribution in [0.1, 0.15) is 10.4 Å². The van der Waals surface area contributed by atoms with E-state index in [1.165, 1.54) is 19.2 Å². The van der Waals surface area contributed by atoms with Crippen molar-refractivity contribution in [2.45, 2.75) is 0 Å². The summed E-state index contributed by atoms with van der Waals surface area (Å²) in [6.07, 6.45) is 0. The molecule has 0 atom stereocenters. The SMILES string of the molecule is COc1ccc(N)cc1NC(=O)c1c(F)cccc1Br. The minimum Gasteiger partial charge on any atom is -0.495 e. The molecule has 0 saturated heterocycles. The molecule has 6 heteroatoms. The molecule has 0 aromatic heterocycles. The minimum absolute atomic E-state index is 0.0722. The maximum atomic E-state index is 13.7. The molecule has 0 aliphatic carbocycles. The van der Waals surface area contributed by atoms with E-state index in [0.29, 0.717) is 21.6 Å². The molecule has 0 aliphatic heterocycles. The largest absolute Gasteiger partial charge is 0.495 e. The van der Waals surface area contributed by atoms with Crippen molar-refractivity contribution in [1.82, 2.24) is 0 Å². The molecule has 1 amide bonds. The van der Waals surface area contributed by atoms with Crippen LogP contribution >= 0.6 is 15.9 Å². The van der Waals surface area contributed by atoms with E-state index in [1.807, 2.05) is 0 Å². The van der Waals surface area contributed by atoms with Crippen LogP contribution in [-0.4, -0.2) is 13.0 Å². The Kier molecular flexibility index (Phi) is 4.24. The van der Waals surface area contributed by atoms with Gasteiger partial charge in [-0.1, -0.05) is 6.07 Å². The lowest BCUT2D eigenvalue weighted by Gasteiger charge is -2.12. The number of carbonyl (C=O) groups is 1. The number of benzene rings is 2. The number of nitrogens with two attached hydrogens (primary N) is 1. The summed E-state index contributed by atoms with van der Waals surface area (Å²) >= 11 is 3.15. The van der Waals surface area contributed by atoms with Crippen LogP contribution in [0, 0.1) is 5.82 Å². The van der Waals surface area contributed by atoms with Crippen molar-refractivity contribution in [3.8, 4) is 5.75 Å². The zero-order valence-electron chi connectivity index (χ0n) is 10.6. The number of ether oxygens (including phenoxy) is 1. The molecule has 0 fully saturated rings. The summed E-state index contributed by atoms with van der Waals surface area (Å²) in [6.45, 7) is 0. The van der Waals surface area contributed by atoms with E-state index in [2.05, 4.69) is 21.2 Å². The van der Waals surface area contributed by atoms with Crippen molar-refractivity contribution in [2.24, 2.45) is 0 Å². The molecule has 0 spiro atoms. The standard InChI is InChI=1S/C14H12BrFN2O2/c1-20-12-6-5-8(17)7-11(12)18-14(19)13-9(15)3-2-4-10(13)16/h2-7H,17H2,1H3,(H,18,19). The summed E-state index contributed by atoms with van der Waals surface area (Å²) in [7, 11) is 1.47. The van der Waals surface area contributed by atoms with Gasteiger partial charge in [0.05, 0.1) is 18.4 Å². The molecule has 0 radical (unpaired) electrons. The molecule has 0 aliphatic rings. The number of halogens is 2. The quantitative estimate of drug-likeness (QED) is 0.842. The Morgan fingerprint density at radius 2 is 2.10 bits per heavy atom. The van der Waals surface area contributed by atoms with Crippen LogP contribution in [0.5, 0.6) is 5.75 Å². The molecule has 104 valence electrons. The molecular weight excluding hydrogens is 327 g/mol. The van der Waals surface area contributed by atoms with Gasteiger partial charge in [0.25, 0.3) is 5.91 Å². The van der Waals surface area contributed by atoms with Crippen molar-refractivity contribution >= 4 is 33.2 Å². The first-order chi connectivity index (χ1) is 9.52. The third-order valence-corrected chi connectivity index (χ3v) is 3.32. The van der Waals surface area contributed by atoms with Crippen molar-refractivity contribution < 1.29 is 13.9 Å². The Labute approximate surface area is 123 Å². The highest BCUT2D eigenvalue weighted by Gasteiger charge is 2.17. The zero-order valence-corrected chi connectivity index (χ0v) is 12.2. The second-order valence-corrected chi connectivity index (χ2v) is 4.86. The topological polar surface area (TPSA) is 64.3 Å². The third-order valence-electron chi connectivity index (χ3n) is 2.66. The molecule has 20 heavy (non-hydrogen) atoms. The number of carbonyl (C=O) groups excluding carboxylic acids is 1. The van der Waals surface area contributed by atoms with Gasteiger partial charge in [-0.3, -0.25) is 4.79 Å². The van der Waals surface area contributed by atoms with Crippen LogP contribution in [0.4, 0.5) is 15.8 Å².